The molecule has 0 aliphatic heterocycles. The highest BCUT2D eigenvalue weighted by molar-refractivity contribution is 5.54. The Morgan fingerprint density at radius 3 is 2.88 bits per heavy atom. The maximum Gasteiger partial charge on any atom is 0.116 e. The van der Waals surface area contributed by atoms with Crippen LogP contribution < -0.4 is 5.73 Å². The molecule has 0 atom stereocenters. The molecule has 0 amide bonds. The maximum absolute atomic E-state index is 5.69. The van der Waals surface area contributed by atoms with Gasteiger partial charge in [0.15, 0.2) is 0 Å². The molecule has 2 heterocycles. The van der Waals surface area contributed by atoms with Gasteiger partial charge in [-0.2, -0.15) is 0 Å². The predicted octanol–water partition coefficient (Wildman–Crippen LogP) is 2.76. The largest absolute Gasteiger partial charge is 0.326 e. The number of rotatable bonds is 2. The highest BCUT2D eigenvalue weighted by atomic mass is 15.0. The minimum atomic E-state index is 0.597. The minimum absolute atomic E-state index is 0.597. The van der Waals surface area contributed by atoms with Gasteiger partial charge in [-0.15, -0.1) is 0 Å². The fourth-order valence-corrected chi connectivity index (χ4v) is 2.90. The second-order valence-corrected chi connectivity index (χ2v) is 5.03. The highest BCUT2D eigenvalue weighted by Crippen LogP contribution is 2.34. The van der Waals surface area contributed by atoms with Gasteiger partial charge in [0.05, 0.1) is 11.2 Å². The first-order chi connectivity index (χ1) is 8.29. The van der Waals surface area contributed by atoms with Crippen molar-refractivity contribution in [3.05, 3.63) is 35.4 Å². The molecule has 2 aromatic heterocycles. The molecule has 0 radical (unpaired) electrons. The van der Waals surface area contributed by atoms with Gasteiger partial charge >= 0.3 is 0 Å². The fourth-order valence-electron chi connectivity index (χ4n) is 2.90. The molecule has 3 rings (SSSR count). The molecule has 0 bridgehead atoms. The zero-order valence-electron chi connectivity index (χ0n) is 10.3. The molecule has 0 unspecified atom stereocenters. The Bertz CT molecular complexity index is 536. The lowest BCUT2D eigenvalue weighted by molar-refractivity contribution is 0.663. The number of fused-ring (bicyclic) bond motifs is 1. The van der Waals surface area contributed by atoms with E-state index < -0.39 is 0 Å². The van der Waals surface area contributed by atoms with E-state index in [-0.39, 0.29) is 0 Å². The van der Waals surface area contributed by atoms with Crippen molar-refractivity contribution in [1.82, 2.24) is 9.38 Å². The van der Waals surface area contributed by atoms with Crippen molar-refractivity contribution < 1.29 is 0 Å². The van der Waals surface area contributed by atoms with Gasteiger partial charge in [-0.1, -0.05) is 12.8 Å². The Labute approximate surface area is 102 Å². The number of hydrogen-bond acceptors (Lipinski definition) is 2. The summed E-state index contributed by atoms with van der Waals surface area (Å²) < 4.78 is 2.25. The molecular weight excluding hydrogens is 210 g/mol. The molecule has 2 aromatic rings. The number of hydrogen-bond donors (Lipinski definition) is 1. The average molecular weight is 229 g/mol. The van der Waals surface area contributed by atoms with Crippen LogP contribution in [0, 0.1) is 6.92 Å². The number of imidazole rings is 1. The summed E-state index contributed by atoms with van der Waals surface area (Å²) in [7, 11) is 0. The van der Waals surface area contributed by atoms with Crippen molar-refractivity contribution in [1.29, 1.82) is 0 Å². The molecule has 0 saturated heterocycles. The Morgan fingerprint density at radius 2 is 2.18 bits per heavy atom. The molecule has 1 aliphatic carbocycles. The molecule has 1 fully saturated rings. The van der Waals surface area contributed by atoms with Crippen molar-refractivity contribution in [2.45, 2.75) is 45.1 Å². The Hall–Kier alpha value is -1.35. The zero-order chi connectivity index (χ0) is 11.8. The smallest absolute Gasteiger partial charge is 0.116 e. The van der Waals surface area contributed by atoms with Crippen molar-refractivity contribution in [3.63, 3.8) is 0 Å². The van der Waals surface area contributed by atoms with Crippen LogP contribution in [0.5, 0.6) is 0 Å². The normalized spacial score (nSPS) is 17.1. The van der Waals surface area contributed by atoms with Crippen LogP contribution in [0.25, 0.3) is 5.52 Å². The van der Waals surface area contributed by atoms with Crippen molar-refractivity contribution in [3.8, 4) is 0 Å². The van der Waals surface area contributed by atoms with Crippen LogP contribution in [-0.4, -0.2) is 9.38 Å². The first-order valence-electron chi connectivity index (χ1n) is 6.47. The van der Waals surface area contributed by atoms with E-state index in [1.807, 2.05) is 0 Å². The summed E-state index contributed by atoms with van der Waals surface area (Å²) in [6.07, 6.45) is 7.40. The number of aryl methyl sites for hydroxylation is 1. The van der Waals surface area contributed by atoms with E-state index in [9.17, 15) is 0 Å². The maximum atomic E-state index is 5.69. The molecule has 17 heavy (non-hydrogen) atoms. The van der Waals surface area contributed by atoms with Crippen LogP contribution in [0.2, 0.25) is 0 Å². The van der Waals surface area contributed by atoms with Crippen molar-refractivity contribution in [2.24, 2.45) is 5.73 Å². The topological polar surface area (TPSA) is 43.3 Å². The van der Waals surface area contributed by atoms with E-state index >= 15 is 0 Å². The van der Waals surface area contributed by atoms with Crippen LogP contribution in [0.4, 0.5) is 0 Å². The second-order valence-electron chi connectivity index (χ2n) is 5.03. The van der Waals surface area contributed by atoms with E-state index in [1.54, 1.807) is 0 Å². The SMILES string of the molecule is Cc1nc(C2CCCC2)n2ccc(CN)cc12. The average Bonchev–Trinajstić information content (AvgIpc) is 2.97. The summed E-state index contributed by atoms with van der Waals surface area (Å²) in [5.74, 6) is 1.90. The molecule has 1 saturated carbocycles. The van der Waals surface area contributed by atoms with Crippen LogP contribution >= 0.6 is 0 Å². The molecule has 0 spiro atoms. The van der Waals surface area contributed by atoms with Crippen LogP contribution in [0.1, 0.15) is 48.7 Å². The zero-order valence-corrected chi connectivity index (χ0v) is 10.3. The summed E-state index contributed by atoms with van der Waals surface area (Å²) in [5, 5.41) is 0. The molecule has 0 aromatic carbocycles. The Kier molecular flexibility index (Phi) is 2.63. The molecule has 3 heteroatoms. The van der Waals surface area contributed by atoms with Crippen LogP contribution in [0.3, 0.4) is 0 Å². The van der Waals surface area contributed by atoms with Gasteiger partial charge in [0.2, 0.25) is 0 Å². The quantitative estimate of drug-likeness (QED) is 0.860. The van der Waals surface area contributed by atoms with Crippen molar-refractivity contribution in [2.75, 3.05) is 0 Å². The van der Waals surface area contributed by atoms with E-state index in [1.165, 1.54) is 42.6 Å². The Balaban J connectivity index is 2.13. The molecule has 3 nitrogen and oxygen atoms in total. The highest BCUT2D eigenvalue weighted by Gasteiger charge is 2.22. The standard InChI is InChI=1S/C14H19N3/c1-10-13-8-11(9-15)6-7-17(13)14(16-10)12-4-2-3-5-12/h6-8,12H,2-5,9,15H2,1H3. The monoisotopic (exact) mass is 229 g/mol. The van der Waals surface area contributed by atoms with Gasteiger partial charge in [-0.05, 0) is 37.5 Å². The second kappa shape index (κ2) is 4.15. The van der Waals surface area contributed by atoms with Gasteiger partial charge in [0, 0.05) is 18.7 Å². The fraction of sp³-hybridized carbons (Fsp3) is 0.500. The lowest BCUT2D eigenvalue weighted by atomic mass is 10.1. The van der Waals surface area contributed by atoms with E-state index in [2.05, 4.69) is 29.7 Å². The molecule has 1 aliphatic rings. The number of nitrogens with zero attached hydrogens (tertiary/aromatic N) is 2. The van der Waals surface area contributed by atoms with Gasteiger partial charge < -0.3 is 10.1 Å². The first-order valence-corrected chi connectivity index (χ1v) is 6.47. The summed E-state index contributed by atoms with van der Waals surface area (Å²) in [4.78, 5) is 4.77. The number of nitrogens with two attached hydrogens (primary N) is 1. The molecule has 2 N–H and O–H groups in total. The third-order valence-corrected chi connectivity index (χ3v) is 3.88. The van der Waals surface area contributed by atoms with Gasteiger partial charge in [0.1, 0.15) is 5.82 Å². The third kappa shape index (κ3) is 1.75. The van der Waals surface area contributed by atoms with Crippen LogP contribution in [-0.2, 0) is 6.54 Å². The number of aromatic nitrogens is 2. The third-order valence-electron chi connectivity index (χ3n) is 3.88. The minimum Gasteiger partial charge on any atom is -0.326 e. The molecular formula is C14H19N3. The van der Waals surface area contributed by atoms with Gasteiger partial charge in [-0.3, -0.25) is 0 Å². The van der Waals surface area contributed by atoms with E-state index in [0.717, 1.165) is 5.69 Å². The van der Waals surface area contributed by atoms with Crippen LogP contribution in [0.15, 0.2) is 18.3 Å². The van der Waals surface area contributed by atoms with Gasteiger partial charge in [-0.25, -0.2) is 4.98 Å². The lowest BCUT2D eigenvalue weighted by Gasteiger charge is -2.08. The summed E-state index contributed by atoms with van der Waals surface area (Å²) in [6.45, 7) is 2.69. The Morgan fingerprint density at radius 1 is 1.41 bits per heavy atom. The van der Waals surface area contributed by atoms with E-state index in [4.69, 9.17) is 10.7 Å². The summed E-state index contributed by atoms with van der Waals surface area (Å²) in [6, 6.07) is 4.27. The van der Waals surface area contributed by atoms with Gasteiger partial charge in [0.25, 0.3) is 0 Å². The number of pyridine rings is 1. The summed E-state index contributed by atoms with van der Waals surface area (Å²) in [5.41, 5.74) is 9.21. The summed E-state index contributed by atoms with van der Waals surface area (Å²) >= 11 is 0. The first kappa shape index (κ1) is 10.8. The van der Waals surface area contributed by atoms with Crippen molar-refractivity contribution >= 4 is 5.52 Å². The van der Waals surface area contributed by atoms with E-state index in [0.29, 0.717) is 12.5 Å². The lowest BCUT2D eigenvalue weighted by Crippen LogP contribution is -2.01. The predicted molar refractivity (Wildman–Crippen MR) is 69.0 cm³/mol. The molecule has 90 valence electrons.